The summed E-state index contributed by atoms with van der Waals surface area (Å²) in [5.41, 5.74) is 3.64. The fourth-order valence-corrected chi connectivity index (χ4v) is 3.60. The predicted molar refractivity (Wildman–Crippen MR) is 106 cm³/mol. The van der Waals surface area contributed by atoms with Crippen LogP contribution in [0.2, 0.25) is 0 Å². The third-order valence-corrected chi connectivity index (χ3v) is 5.12. The van der Waals surface area contributed by atoms with E-state index in [0.29, 0.717) is 19.5 Å². The average molecular weight is 365 g/mol. The minimum absolute atomic E-state index is 0.0556. The van der Waals surface area contributed by atoms with Gasteiger partial charge in [-0.3, -0.25) is 4.79 Å². The summed E-state index contributed by atoms with van der Waals surface area (Å²) in [6.07, 6.45) is 3.47. The Labute approximate surface area is 160 Å². The number of hydrogen-bond acceptors (Lipinski definition) is 2. The van der Waals surface area contributed by atoms with Crippen LogP contribution in [-0.2, 0) is 17.8 Å². The van der Waals surface area contributed by atoms with Crippen LogP contribution in [0, 0.1) is 0 Å². The standard InChI is InChI=1S/C22H27N3O2/c1-25(20-13-7-11-18-10-5-6-12-19(18)20)21(26)14-15-23-22(27)24-16-17-8-3-2-4-9-17/h2-6,8-10,12,20H,7,11,13-16H2,1H3,(H2,23,24,27). The molecule has 0 saturated heterocycles. The van der Waals surface area contributed by atoms with Crippen molar-refractivity contribution in [1.29, 1.82) is 0 Å². The lowest BCUT2D eigenvalue weighted by molar-refractivity contribution is -0.132. The molecule has 3 rings (SSSR count). The van der Waals surface area contributed by atoms with E-state index in [1.54, 1.807) is 0 Å². The van der Waals surface area contributed by atoms with Crippen LogP contribution in [0.5, 0.6) is 0 Å². The second kappa shape index (κ2) is 9.21. The molecule has 0 bridgehead atoms. The van der Waals surface area contributed by atoms with Crippen molar-refractivity contribution < 1.29 is 9.59 Å². The smallest absolute Gasteiger partial charge is 0.315 e. The van der Waals surface area contributed by atoms with Crippen LogP contribution >= 0.6 is 0 Å². The number of aryl methyl sites for hydroxylation is 1. The van der Waals surface area contributed by atoms with Gasteiger partial charge < -0.3 is 15.5 Å². The largest absolute Gasteiger partial charge is 0.339 e. The van der Waals surface area contributed by atoms with Gasteiger partial charge in [0, 0.05) is 26.6 Å². The number of amides is 3. The molecule has 5 heteroatoms. The van der Waals surface area contributed by atoms with Crippen molar-refractivity contribution in [1.82, 2.24) is 15.5 Å². The van der Waals surface area contributed by atoms with Crippen LogP contribution in [0.1, 0.15) is 42.0 Å². The van der Waals surface area contributed by atoms with Gasteiger partial charge >= 0.3 is 6.03 Å². The van der Waals surface area contributed by atoms with Crippen LogP contribution in [0.3, 0.4) is 0 Å². The Morgan fingerprint density at radius 3 is 2.59 bits per heavy atom. The van der Waals surface area contributed by atoms with E-state index >= 15 is 0 Å². The highest BCUT2D eigenvalue weighted by molar-refractivity contribution is 5.78. The maximum Gasteiger partial charge on any atom is 0.315 e. The van der Waals surface area contributed by atoms with Crippen molar-refractivity contribution in [3.05, 3.63) is 71.3 Å². The summed E-state index contributed by atoms with van der Waals surface area (Å²) < 4.78 is 0. The SMILES string of the molecule is CN(C(=O)CCNC(=O)NCc1ccccc1)C1CCCc2ccccc21. The molecular formula is C22H27N3O2. The molecule has 2 aromatic rings. The number of nitrogens with one attached hydrogen (secondary N) is 2. The van der Waals surface area contributed by atoms with Crippen molar-refractivity contribution in [2.75, 3.05) is 13.6 Å². The van der Waals surface area contributed by atoms with Crippen molar-refractivity contribution in [3.63, 3.8) is 0 Å². The zero-order valence-electron chi connectivity index (χ0n) is 15.8. The topological polar surface area (TPSA) is 61.4 Å². The molecule has 0 aliphatic heterocycles. The molecule has 142 valence electrons. The first-order chi connectivity index (χ1) is 13.1. The number of rotatable bonds is 6. The van der Waals surface area contributed by atoms with Gasteiger partial charge in [-0.25, -0.2) is 4.79 Å². The van der Waals surface area contributed by atoms with E-state index in [0.717, 1.165) is 24.8 Å². The molecule has 2 aromatic carbocycles. The number of nitrogens with zero attached hydrogens (tertiary/aromatic N) is 1. The molecule has 0 radical (unpaired) electrons. The summed E-state index contributed by atoms with van der Waals surface area (Å²) in [7, 11) is 1.87. The number of fused-ring (bicyclic) bond motifs is 1. The highest BCUT2D eigenvalue weighted by Gasteiger charge is 2.26. The molecule has 0 spiro atoms. The zero-order valence-corrected chi connectivity index (χ0v) is 15.8. The molecule has 0 heterocycles. The molecule has 0 fully saturated rings. The number of benzene rings is 2. The number of urea groups is 1. The molecule has 3 amide bonds. The van der Waals surface area contributed by atoms with E-state index in [4.69, 9.17) is 0 Å². The van der Waals surface area contributed by atoms with Gasteiger partial charge in [0.15, 0.2) is 0 Å². The Balaban J connectivity index is 1.43. The highest BCUT2D eigenvalue weighted by Crippen LogP contribution is 2.33. The number of hydrogen-bond donors (Lipinski definition) is 2. The maximum atomic E-state index is 12.6. The quantitative estimate of drug-likeness (QED) is 0.824. The fraction of sp³-hybridized carbons (Fsp3) is 0.364. The van der Waals surface area contributed by atoms with Crippen molar-refractivity contribution in [3.8, 4) is 0 Å². The average Bonchev–Trinajstić information content (AvgIpc) is 2.72. The normalized spacial score (nSPS) is 15.5. The fourth-order valence-electron chi connectivity index (χ4n) is 3.60. The third-order valence-electron chi connectivity index (χ3n) is 5.12. The first kappa shape index (κ1) is 19.0. The molecule has 27 heavy (non-hydrogen) atoms. The monoisotopic (exact) mass is 365 g/mol. The van der Waals surface area contributed by atoms with E-state index in [9.17, 15) is 9.59 Å². The molecule has 1 aliphatic rings. The lowest BCUT2D eigenvalue weighted by Crippen LogP contribution is -2.39. The lowest BCUT2D eigenvalue weighted by Gasteiger charge is -2.33. The van der Waals surface area contributed by atoms with Crippen LogP contribution < -0.4 is 10.6 Å². The van der Waals surface area contributed by atoms with Gasteiger partial charge in [0.25, 0.3) is 0 Å². The minimum atomic E-state index is -0.252. The Bertz CT molecular complexity index is 776. The summed E-state index contributed by atoms with van der Waals surface area (Å²) in [6.45, 7) is 0.803. The molecule has 0 saturated carbocycles. The first-order valence-electron chi connectivity index (χ1n) is 9.54. The number of carbonyl (C=O) groups excluding carboxylic acids is 2. The van der Waals surface area contributed by atoms with Gasteiger partial charge in [-0.2, -0.15) is 0 Å². The molecular weight excluding hydrogens is 338 g/mol. The van der Waals surface area contributed by atoms with Gasteiger partial charge in [0.2, 0.25) is 5.91 Å². The van der Waals surface area contributed by atoms with Gasteiger partial charge in [-0.05, 0) is 36.0 Å². The predicted octanol–water partition coefficient (Wildman–Crippen LogP) is 3.41. The van der Waals surface area contributed by atoms with Crippen molar-refractivity contribution in [2.45, 2.75) is 38.3 Å². The van der Waals surface area contributed by atoms with Crippen LogP contribution in [0.15, 0.2) is 54.6 Å². The van der Waals surface area contributed by atoms with E-state index < -0.39 is 0 Å². The summed E-state index contributed by atoms with van der Waals surface area (Å²) in [5, 5.41) is 5.57. The second-order valence-electron chi connectivity index (χ2n) is 6.96. The molecule has 5 nitrogen and oxygen atoms in total. The van der Waals surface area contributed by atoms with Crippen LogP contribution in [0.25, 0.3) is 0 Å². The Hall–Kier alpha value is -2.82. The first-order valence-corrected chi connectivity index (χ1v) is 9.54. The third kappa shape index (κ3) is 5.09. The molecule has 0 aromatic heterocycles. The van der Waals surface area contributed by atoms with Gasteiger partial charge in [-0.1, -0.05) is 54.6 Å². The van der Waals surface area contributed by atoms with Crippen LogP contribution in [-0.4, -0.2) is 30.4 Å². The highest BCUT2D eigenvalue weighted by atomic mass is 16.2. The van der Waals surface area contributed by atoms with Gasteiger partial charge in [-0.15, -0.1) is 0 Å². The minimum Gasteiger partial charge on any atom is -0.339 e. The lowest BCUT2D eigenvalue weighted by atomic mass is 9.87. The molecule has 1 aliphatic carbocycles. The Kier molecular flexibility index (Phi) is 6.47. The Morgan fingerprint density at radius 1 is 1.04 bits per heavy atom. The van der Waals surface area contributed by atoms with E-state index in [1.165, 1.54) is 11.1 Å². The Morgan fingerprint density at radius 2 is 1.78 bits per heavy atom. The maximum absolute atomic E-state index is 12.6. The van der Waals surface area contributed by atoms with Crippen molar-refractivity contribution in [2.24, 2.45) is 0 Å². The zero-order chi connectivity index (χ0) is 19.1. The summed E-state index contributed by atoms with van der Waals surface area (Å²) in [4.78, 5) is 26.3. The summed E-state index contributed by atoms with van der Waals surface area (Å²) in [5.74, 6) is 0.0556. The van der Waals surface area contributed by atoms with Gasteiger partial charge in [0.05, 0.1) is 6.04 Å². The molecule has 1 unspecified atom stereocenters. The van der Waals surface area contributed by atoms with E-state index in [1.807, 2.05) is 48.3 Å². The van der Waals surface area contributed by atoms with E-state index in [2.05, 4.69) is 28.8 Å². The van der Waals surface area contributed by atoms with Crippen molar-refractivity contribution >= 4 is 11.9 Å². The summed E-state index contributed by atoms with van der Waals surface area (Å²) in [6, 6.07) is 18.0. The second-order valence-corrected chi connectivity index (χ2v) is 6.96. The van der Waals surface area contributed by atoms with Gasteiger partial charge in [0.1, 0.15) is 0 Å². The van der Waals surface area contributed by atoms with Crippen LogP contribution in [0.4, 0.5) is 4.79 Å². The van der Waals surface area contributed by atoms with E-state index in [-0.39, 0.29) is 18.0 Å². The molecule has 2 N–H and O–H groups in total. The number of carbonyl (C=O) groups is 2. The summed E-state index contributed by atoms with van der Waals surface area (Å²) >= 11 is 0. The molecule has 1 atom stereocenters.